The lowest BCUT2D eigenvalue weighted by Gasteiger charge is -2.20. The smallest absolute Gasteiger partial charge is 0.255 e. The molecular weight excluding hydrogens is 365 g/mol. The predicted octanol–water partition coefficient (Wildman–Crippen LogP) is 3.50. The van der Waals surface area contributed by atoms with E-state index in [2.05, 4.69) is 10.3 Å². The highest BCUT2D eigenvalue weighted by Crippen LogP contribution is 2.23. The van der Waals surface area contributed by atoms with Gasteiger partial charge in [-0.15, -0.1) is 0 Å². The van der Waals surface area contributed by atoms with E-state index in [0.717, 1.165) is 0 Å². The number of hydrogen-bond donors (Lipinski definition) is 1. The second-order valence-electron chi connectivity index (χ2n) is 5.06. The molecule has 0 atom stereocenters. The van der Waals surface area contributed by atoms with Crippen molar-refractivity contribution in [2.45, 2.75) is 6.92 Å². The number of ether oxygens (including phenoxy) is 1. The Hall–Kier alpha value is -2.31. The fourth-order valence-corrected chi connectivity index (χ4v) is 2.43. The summed E-state index contributed by atoms with van der Waals surface area (Å²) >= 11 is 11.7. The van der Waals surface area contributed by atoms with Gasteiger partial charge in [-0.2, -0.15) is 0 Å². The van der Waals surface area contributed by atoms with Gasteiger partial charge >= 0.3 is 0 Å². The van der Waals surface area contributed by atoms with Crippen LogP contribution >= 0.6 is 23.2 Å². The van der Waals surface area contributed by atoms with Crippen LogP contribution in [0.1, 0.15) is 17.3 Å². The zero-order valence-corrected chi connectivity index (χ0v) is 15.3. The fraction of sp³-hybridized carbons (Fsp3) is 0.235. The Balaban J connectivity index is 2.09. The first-order valence-corrected chi connectivity index (χ1v) is 8.25. The minimum atomic E-state index is -0.358. The second kappa shape index (κ2) is 8.69. The summed E-state index contributed by atoms with van der Waals surface area (Å²) in [6, 6.07) is 8.47. The summed E-state index contributed by atoms with van der Waals surface area (Å²) in [6.45, 7) is 2.01. The molecule has 2 amide bonds. The average molecular weight is 382 g/mol. The van der Waals surface area contributed by atoms with E-state index in [1.807, 2.05) is 0 Å². The number of likely N-dealkylation sites (N-methyl/N-ethyl adjacent to an activating group) is 1. The van der Waals surface area contributed by atoms with Gasteiger partial charge in [-0.05, 0) is 25.1 Å². The van der Waals surface area contributed by atoms with Crippen molar-refractivity contribution in [2.75, 3.05) is 25.5 Å². The van der Waals surface area contributed by atoms with E-state index < -0.39 is 0 Å². The molecule has 0 saturated heterocycles. The largest absolute Gasteiger partial charge is 0.495 e. The maximum atomic E-state index is 12.5. The number of hydrogen-bond acceptors (Lipinski definition) is 4. The van der Waals surface area contributed by atoms with Crippen LogP contribution in [0.2, 0.25) is 10.2 Å². The maximum absolute atomic E-state index is 12.5. The number of anilines is 1. The van der Waals surface area contributed by atoms with Gasteiger partial charge in [-0.1, -0.05) is 35.3 Å². The van der Waals surface area contributed by atoms with Crippen LogP contribution in [0, 0.1) is 0 Å². The van der Waals surface area contributed by atoms with Gasteiger partial charge in [0.1, 0.15) is 17.4 Å². The minimum absolute atomic E-state index is 0.117. The Kier molecular flexibility index (Phi) is 6.61. The normalized spacial score (nSPS) is 10.2. The van der Waals surface area contributed by atoms with E-state index in [0.29, 0.717) is 18.0 Å². The number of carbonyl (C=O) groups is 2. The van der Waals surface area contributed by atoms with Crippen LogP contribution in [0.15, 0.2) is 36.5 Å². The van der Waals surface area contributed by atoms with E-state index >= 15 is 0 Å². The molecule has 0 aliphatic heterocycles. The Morgan fingerprint density at radius 3 is 2.64 bits per heavy atom. The van der Waals surface area contributed by atoms with Gasteiger partial charge in [0.05, 0.1) is 23.4 Å². The molecule has 0 bridgehead atoms. The molecule has 6 nitrogen and oxygen atoms in total. The number of rotatable bonds is 6. The molecule has 1 N–H and O–H groups in total. The van der Waals surface area contributed by atoms with Crippen LogP contribution in [0.4, 0.5) is 5.69 Å². The summed E-state index contributed by atoms with van der Waals surface area (Å²) in [5.41, 5.74) is 0.802. The first kappa shape index (κ1) is 19.0. The highest BCUT2D eigenvalue weighted by Gasteiger charge is 2.19. The molecule has 2 rings (SSSR count). The Morgan fingerprint density at radius 2 is 2.00 bits per heavy atom. The molecule has 0 aliphatic rings. The quantitative estimate of drug-likeness (QED) is 0.777. The molecule has 132 valence electrons. The lowest BCUT2D eigenvalue weighted by atomic mass is 10.2. The van der Waals surface area contributed by atoms with Gasteiger partial charge in [0.15, 0.2) is 0 Å². The number of amides is 2. The van der Waals surface area contributed by atoms with Crippen molar-refractivity contribution >= 4 is 40.7 Å². The summed E-state index contributed by atoms with van der Waals surface area (Å²) in [5, 5.41) is 3.04. The number of pyridine rings is 1. The highest BCUT2D eigenvalue weighted by atomic mass is 35.5. The number of nitrogens with one attached hydrogen (secondary N) is 1. The van der Waals surface area contributed by atoms with Crippen molar-refractivity contribution in [1.82, 2.24) is 9.88 Å². The summed E-state index contributed by atoms with van der Waals surface area (Å²) in [4.78, 5) is 30.0. The van der Waals surface area contributed by atoms with Gasteiger partial charge < -0.3 is 15.0 Å². The van der Waals surface area contributed by atoms with Gasteiger partial charge in [0, 0.05) is 12.7 Å². The number of para-hydroxylation sites is 2. The molecule has 8 heteroatoms. The summed E-state index contributed by atoms with van der Waals surface area (Å²) in [5.74, 6) is -0.157. The molecule has 25 heavy (non-hydrogen) atoms. The van der Waals surface area contributed by atoms with Crippen LogP contribution in [0.25, 0.3) is 0 Å². The van der Waals surface area contributed by atoms with Crippen LogP contribution in [-0.4, -0.2) is 41.9 Å². The summed E-state index contributed by atoms with van der Waals surface area (Å²) in [6.07, 6.45) is 1.33. The molecule has 0 saturated carbocycles. The molecule has 1 heterocycles. The third-order valence-electron chi connectivity index (χ3n) is 3.43. The molecule has 0 aliphatic carbocycles. The van der Waals surface area contributed by atoms with Gasteiger partial charge in [-0.3, -0.25) is 9.59 Å². The topological polar surface area (TPSA) is 71.5 Å². The van der Waals surface area contributed by atoms with Crippen LogP contribution in [0.3, 0.4) is 0 Å². The number of methoxy groups -OCH3 is 1. The van der Waals surface area contributed by atoms with E-state index in [1.54, 1.807) is 31.2 Å². The fourth-order valence-electron chi connectivity index (χ4n) is 2.16. The lowest BCUT2D eigenvalue weighted by molar-refractivity contribution is -0.116. The Labute approximate surface area is 155 Å². The van der Waals surface area contributed by atoms with Crippen molar-refractivity contribution in [2.24, 2.45) is 0 Å². The number of aromatic nitrogens is 1. The number of halogens is 2. The SMILES string of the molecule is CCN(CC(=O)Nc1ccccc1OC)C(=O)c1cnc(Cl)c(Cl)c1. The van der Waals surface area contributed by atoms with Crippen molar-refractivity contribution in [3.05, 3.63) is 52.3 Å². The molecule has 0 spiro atoms. The first-order chi connectivity index (χ1) is 12.0. The zero-order valence-electron chi connectivity index (χ0n) is 13.8. The van der Waals surface area contributed by atoms with E-state index in [-0.39, 0.29) is 34.1 Å². The maximum Gasteiger partial charge on any atom is 0.255 e. The number of carbonyl (C=O) groups excluding carboxylic acids is 2. The molecule has 0 fully saturated rings. The molecular formula is C17H17Cl2N3O3. The number of benzene rings is 1. The van der Waals surface area contributed by atoms with Crippen molar-refractivity contribution in [1.29, 1.82) is 0 Å². The Bertz CT molecular complexity index is 783. The second-order valence-corrected chi connectivity index (χ2v) is 5.83. The van der Waals surface area contributed by atoms with Crippen molar-refractivity contribution in [3.63, 3.8) is 0 Å². The highest BCUT2D eigenvalue weighted by molar-refractivity contribution is 6.41. The first-order valence-electron chi connectivity index (χ1n) is 7.49. The zero-order chi connectivity index (χ0) is 18.4. The van der Waals surface area contributed by atoms with Gasteiger partial charge in [0.2, 0.25) is 5.91 Å². The monoisotopic (exact) mass is 381 g/mol. The van der Waals surface area contributed by atoms with Gasteiger partial charge in [-0.25, -0.2) is 4.98 Å². The minimum Gasteiger partial charge on any atom is -0.495 e. The molecule has 2 aromatic rings. The third kappa shape index (κ3) is 4.84. The Morgan fingerprint density at radius 1 is 1.28 bits per heavy atom. The molecule has 1 aromatic carbocycles. The average Bonchev–Trinajstić information content (AvgIpc) is 2.61. The van der Waals surface area contributed by atoms with E-state index in [1.165, 1.54) is 24.3 Å². The summed E-state index contributed by atoms with van der Waals surface area (Å²) in [7, 11) is 1.52. The third-order valence-corrected chi connectivity index (χ3v) is 4.11. The standard InChI is InChI=1S/C17H17Cl2N3O3/c1-3-22(17(24)11-8-12(18)16(19)20-9-11)10-15(23)21-13-6-4-5-7-14(13)25-2/h4-9H,3,10H2,1-2H3,(H,21,23). The molecule has 0 radical (unpaired) electrons. The van der Waals surface area contributed by atoms with Crippen molar-refractivity contribution < 1.29 is 14.3 Å². The van der Waals surface area contributed by atoms with E-state index in [9.17, 15) is 9.59 Å². The van der Waals surface area contributed by atoms with Crippen LogP contribution in [0.5, 0.6) is 5.75 Å². The lowest BCUT2D eigenvalue weighted by Crippen LogP contribution is -2.38. The number of nitrogens with zero attached hydrogens (tertiary/aromatic N) is 2. The molecule has 1 aromatic heterocycles. The molecule has 0 unspecified atom stereocenters. The van der Waals surface area contributed by atoms with Crippen LogP contribution < -0.4 is 10.1 Å². The van der Waals surface area contributed by atoms with Gasteiger partial charge in [0.25, 0.3) is 5.91 Å². The predicted molar refractivity (Wildman–Crippen MR) is 97.5 cm³/mol. The van der Waals surface area contributed by atoms with Crippen LogP contribution in [-0.2, 0) is 4.79 Å². The summed E-state index contributed by atoms with van der Waals surface area (Å²) < 4.78 is 5.19. The van der Waals surface area contributed by atoms with Crippen molar-refractivity contribution in [3.8, 4) is 5.75 Å². The van der Waals surface area contributed by atoms with E-state index in [4.69, 9.17) is 27.9 Å².